The fourth-order valence-electron chi connectivity index (χ4n) is 2.54. The highest BCUT2D eigenvalue weighted by Gasteiger charge is 2.16. The number of nitrogens with one attached hydrogen (secondary N) is 2. The Morgan fingerprint density at radius 2 is 1.96 bits per heavy atom. The van der Waals surface area contributed by atoms with Crippen molar-refractivity contribution in [1.29, 1.82) is 0 Å². The summed E-state index contributed by atoms with van der Waals surface area (Å²) in [5.74, 6) is 0.152. The molecule has 0 radical (unpaired) electrons. The van der Waals surface area contributed by atoms with Crippen LogP contribution in [0.25, 0.3) is 11.3 Å². The van der Waals surface area contributed by atoms with Crippen molar-refractivity contribution >= 4 is 11.6 Å². The molecule has 4 N–H and O–H groups in total. The molecule has 134 valence electrons. The fraction of sp³-hybridized carbons (Fsp3) is 0.158. The molecule has 0 fully saturated rings. The summed E-state index contributed by atoms with van der Waals surface area (Å²) in [6.07, 6.45) is 2.05. The van der Waals surface area contributed by atoms with Crippen LogP contribution in [-0.4, -0.2) is 32.9 Å². The van der Waals surface area contributed by atoms with E-state index >= 15 is 0 Å². The van der Waals surface area contributed by atoms with Crippen LogP contribution in [0.5, 0.6) is 17.2 Å². The number of aromatic amines is 1. The molecule has 0 atom stereocenters. The molecule has 7 nitrogen and oxygen atoms in total. The maximum Gasteiger partial charge on any atom is 0.262 e. The van der Waals surface area contributed by atoms with Gasteiger partial charge in [0.2, 0.25) is 0 Å². The Labute approximate surface area is 150 Å². The van der Waals surface area contributed by atoms with Gasteiger partial charge >= 0.3 is 0 Å². The quantitative estimate of drug-likeness (QED) is 0.545. The standard InChI is InChI=1S/C19H19N3O4/c1-2-12-8-14(17(24)9-16(12)23)19-15(10-20-22-19)21-18(25)11-26-13-6-4-3-5-7-13/h3-10,23-24H,2,11H2,1H3,(H,20,22)(H,21,25). The average Bonchev–Trinajstić information content (AvgIpc) is 3.09. The summed E-state index contributed by atoms with van der Waals surface area (Å²) in [6, 6.07) is 12.0. The van der Waals surface area contributed by atoms with Crippen molar-refractivity contribution in [1.82, 2.24) is 10.2 Å². The van der Waals surface area contributed by atoms with Crippen molar-refractivity contribution in [2.45, 2.75) is 13.3 Å². The fourth-order valence-corrected chi connectivity index (χ4v) is 2.54. The van der Waals surface area contributed by atoms with Gasteiger partial charge in [0, 0.05) is 11.6 Å². The summed E-state index contributed by atoms with van der Waals surface area (Å²) in [5.41, 5.74) is 1.98. The van der Waals surface area contributed by atoms with Gasteiger partial charge in [0.1, 0.15) is 17.2 Å². The Morgan fingerprint density at radius 3 is 2.69 bits per heavy atom. The first-order valence-corrected chi connectivity index (χ1v) is 8.14. The number of carbonyl (C=O) groups excluding carboxylic acids is 1. The first-order valence-electron chi connectivity index (χ1n) is 8.14. The highest BCUT2D eigenvalue weighted by atomic mass is 16.5. The monoisotopic (exact) mass is 353 g/mol. The molecule has 7 heteroatoms. The number of hydrogen-bond donors (Lipinski definition) is 4. The second-order valence-electron chi connectivity index (χ2n) is 5.66. The summed E-state index contributed by atoms with van der Waals surface area (Å²) in [5, 5.41) is 29.4. The van der Waals surface area contributed by atoms with E-state index in [4.69, 9.17) is 4.74 Å². The molecule has 1 amide bonds. The molecule has 0 unspecified atom stereocenters. The van der Waals surface area contributed by atoms with Gasteiger partial charge in [0.05, 0.1) is 17.6 Å². The van der Waals surface area contributed by atoms with Gasteiger partial charge < -0.3 is 20.3 Å². The Morgan fingerprint density at radius 1 is 1.19 bits per heavy atom. The van der Waals surface area contributed by atoms with E-state index < -0.39 is 0 Å². The highest BCUT2D eigenvalue weighted by Crippen LogP contribution is 2.37. The molecule has 0 aliphatic rings. The predicted molar refractivity (Wildman–Crippen MR) is 97.3 cm³/mol. The number of anilines is 1. The van der Waals surface area contributed by atoms with E-state index in [0.29, 0.717) is 34.7 Å². The molecule has 0 aliphatic heterocycles. The maximum atomic E-state index is 12.1. The first kappa shape index (κ1) is 17.3. The van der Waals surface area contributed by atoms with Crippen LogP contribution in [0.4, 0.5) is 5.69 Å². The number of amides is 1. The maximum absolute atomic E-state index is 12.1. The van der Waals surface area contributed by atoms with Crippen molar-refractivity contribution in [3.8, 4) is 28.5 Å². The van der Waals surface area contributed by atoms with Crippen LogP contribution < -0.4 is 10.1 Å². The second kappa shape index (κ2) is 7.60. The molecule has 2 aromatic carbocycles. The van der Waals surface area contributed by atoms with E-state index in [1.807, 2.05) is 25.1 Å². The number of carbonyl (C=O) groups is 1. The molecule has 1 heterocycles. The van der Waals surface area contributed by atoms with Crippen molar-refractivity contribution < 1.29 is 19.7 Å². The lowest BCUT2D eigenvalue weighted by atomic mass is 10.0. The minimum atomic E-state index is -0.356. The number of para-hydroxylation sites is 1. The average molecular weight is 353 g/mol. The van der Waals surface area contributed by atoms with Crippen molar-refractivity contribution in [3.63, 3.8) is 0 Å². The molecule has 0 spiro atoms. The van der Waals surface area contributed by atoms with Crippen LogP contribution in [0.1, 0.15) is 12.5 Å². The lowest BCUT2D eigenvalue weighted by molar-refractivity contribution is -0.118. The number of rotatable bonds is 6. The molecular formula is C19H19N3O4. The lowest BCUT2D eigenvalue weighted by Gasteiger charge is -2.11. The van der Waals surface area contributed by atoms with Gasteiger partial charge in [-0.3, -0.25) is 9.89 Å². The highest BCUT2D eigenvalue weighted by molar-refractivity contribution is 5.96. The summed E-state index contributed by atoms with van der Waals surface area (Å²) in [6.45, 7) is 1.74. The van der Waals surface area contributed by atoms with E-state index in [-0.39, 0.29) is 24.0 Å². The number of phenolic OH excluding ortho intramolecular Hbond substituents is 2. The zero-order chi connectivity index (χ0) is 18.5. The van der Waals surface area contributed by atoms with E-state index in [9.17, 15) is 15.0 Å². The molecule has 0 saturated carbocycles. The van der Waals surface area contributed by atoms with Crippen molar-refractivity contribution in [2.24, 2.45) is 0 Å². The first-order chi connectivity index (χ1) is 12.6. The minimum Gasteiger partial charge on any atom is -0.508 e. The van der Waals surface area contributed by atoms with Crippen molar-refractivity contribution in [3.05, 3.63) is 54.2 Å². The lowest BCUT2D eigenvalue weighted by Crippen LogP contribution is -2.20. The SMILES string of the molecule is CCc1cc(-c2[nH]ncc2NC(=O)COc2ccccc2)c(O)cc1O. The van der Waals surface area contributed by atoms with Crippen LogP contribution in [0.15, 0.2) is 48.7 Å². The number of benzene rings is 2. The molecular weight excluding hydrogens is 334 g/mol. The Balaban J connectivity index is 1.76. The largest absolute Gasteiger partial charge is 0.508 e. The number of H-pyrrole nitrogens is 1. The van der Waals surface area contributed by atoms with Crippen LogP contribution >= 0.6 is 0 Å². The van der Waals surface area contributed by atoms with Gasteiger partial charge in [0.25, 0.3) is 5.91 Å². The van der Waals surface area contributed by atoms with Gasteiger partial charge in [-0.25, -0.2) is 0 Å². The van der Waals surface area contributed by atoms with Gasteiger partial charge in [-0.1, -0.05) is 25.1 Å². The van der Waals surface area contributed by atoms with Gasteiger partial charge in [-0.05, 0) is 30.2 Å². The number of aromatic nitrogens is 2. The van der Waals surface area contributed by atoms with Crippen LogP contribution in [-0.2, 0) is 11.2 Å². The summed E-state index contributed by atoms with van der Waals surface area (Å²) in [7, 11) is 0. The van der Waals surface area contributed by atoms with Crippen LogP contribution in [0.3, 0.4) is 0 Å². The summed E-state index contributed by atoms with van der Waals surface area (Å²) >= 11 is 0. The zero-order valence-electron chi connectivity index (χ0n) is 14.2. The third-order valence-corrected chi connectivity index (χ3v) is 3.87. The van der Waals surface area contributed by atoms with Crippen LogP contribution in [0, 0.1) is 0 Å². The van der Waals surface area contributed by atoms with Gasteiger partial charge in [-0.2, -0.15) is 5.10 Å². The molecule has 26 heavy (non-hydrogen) atoms. The molecule has 0 bridgehead atoms. The molecule has 0 saturated heterocycles. The van der Waals surface area contributed by atoms with Gasteiger partial charge in [-0.15, -0.1) is 0 Å². The molecule has 1 aromatic heterocycles. The number of nitrogens with zero attached hydrogens (tertiary/aromatic N) is 1. The van der Waals surface area contributed by atoms with Crippen molar-refractivity contribution in [2.75, 3.05) is 11.9 Å². The summed E-state index contributed by atoms with van der Waals surface area (Å²) in [4.78, 5) is 12.1. The zero-order valence-corrected chi connectivity index (χ0v) is 14.2. The molecule has 3 aromatic rings. The van der Waals surface area contributed by atoms with Gasteiger partial charge in [0.15, 0.2) is 6.61 Å². The third-order valence-electron chi connectivity index (χ3n) is 3.87. The topological polar surface area (TPSA) is 107 Å². The van der Waals surface area contributed by atoms with E-state index in [2.05, 4.69) is 15.5 Å². The predicted octanol–water partition coefficient (Wildman–Crippen LogP) is 3.07. The number of phenols is 2. The van der Waals surface area contributed by atoms with E-state index in [0.717, 1.165) is 0 Å². The normalized spacial score (nSPS) is 10.5. The number of aryl methyl sites for hydroxylation is 1. The number of hydrogen-bond acceptors (Lipinski definition) is 5. The smallest absolute Gasteiger partial charge is 0.262 e. The molecule has 0 aliphatic carbocycles. The van der Waals surface area contributed by atoms with E-state index in [1.165, 1.54) is 12.3 Å². The number of ether oxygens (including phenoxy) is 1. The summed E-state index contributed by atoms with van der Waals surface area (Å²) < 4.78 is 5.41. The Hall–Kier alpha value is -3.48. The Bertz CT molecular complexity index is 906. The van der Waals surface area contributed by atoms with Crippen LogP contribution in [0.2, 0.25) is 0 Å². The minimum absolute atomic E-state index is 0.0233. The van der Waals surface area contributed by atoms with E-state index in [1.54, 1.807) is 18.2 Å². The molecule has 3 rings (SSSR count). The Kier molecular flexibility index (Phi) is 5.07. The second-order valence-corrected chi connectivity index (χ2v) is 5.66. The third kappa shape index (κ3) is 3.77. The number of aromatic hydroxyl groups is 2.